The van der Waals surface area contributed by atoms with Gasteiger partial charge in [-0.3, -0.25) is 9.20 Å². The van der Waals surface area contributed by atoms with Gasteiger partial charge >= 0.3 is 0 Å². The molecule has 0 bridgehead atoms. The van der Waals surface area contributed by atoms with Crippen LogP contribution >= 0.6 is 11.3 Å². The molecule has 0 aromatic carbocycles. The zero-order valence-corrected chi connectivity index (χ0v) is 22.5. The minimum absolute atomic E-state index is 0.00178. The summed E-state index contributed by atoms with van der Waals surface area (Å²) in [5.41, 5.74) is -1.19. The van der Waals surface area contributed by atoms with E-state index in [9.17, 15) is 30.8 Å². The Morgan fingerprint density at radius 1 is 1.13 bits per heavy atom. The van der Waals surface area contributed by atoms with Gasteiger partial charge in [0.2, 0.25) is 15.9 Å². The Bertz CT molecular complexity index is 1480. The molecule has 2 aliphatic heterocycles. The molecule has 0 atom stereocenters. The van der Waals surface area contributed by atoms with Crippen molar-refractivity contribution in [2.24, 2.45) is 5.92 Å². The van der Waals surface area contributed by atoms with Crippen molar-refractivity contribution >= 4 is 38.5 Å². The first kappa shape index (κ1) is 27.7. The molecule has 0 aliphatic carbocycles. The first-order chi connectivity index (χ1) is 18.4. The summed E-state index contributed by atoms with van der Waals surface area (Å²) in [7, 11) is -4.50. The monoisotopic (exact) mass is 591 g/mol. The van der Waals surface area contributed by atoms with Crippen molar-refractivity contribution < 1.29 is 35.5 Å². The fourth-order valence-corrected chi connectivity index (χ4v) is 6.50. The van der Waals surface area contributed by atoms with Crippen LogP contribution in [-0.4, -0.2) is 90.2 Å². The van der Waals surface area contributed by atoms with Crippen molar-refractivity contribution in [3.8, 4) is 10.8 Å². The molecule has 2 saturated heterocycles. The highest BCUT2D eigenvalue weighted by Crippen LogP contribution is 2.34. The van der Waals surface area contributed by atoms with Crippen LogP contribution in [0.25, 0.3) is 16.3 Å². The summed E-state index contributed by atoms with van der Waals surface area (Å²) < 4.78 is 88.8. The maximum atomic E-state index is 13.7. The molecule has 1 amide bonds. The first-order valence-electron chi connectivity index (χ1n) is 12.0. The SMILES string of the molecule is CC(C)C(=O)N1CCN(c2cc(S(=O)(=O)NC3(C(F)F)COC3)cn3c(-c4nnc(C(F)F)s4)ncc23)CC1. The van der Waals surface area contributed by atoms with E-state index < -0.39 is 46.6 Å². The number of fused-ring (bicyclic) bond motifs is 1. The van der Waals surface area contributed by atoms with Crippen LogP contribution in [0.4, 0.5) is 23.2 Å². The van der Waals surface area contributed by atoms with E-state index in [0.717, 1.165) is 0 Å². The van der Waals surface area contributed by atoms with E-state index in [4.69, 9.17) is 4.74 Å². The molecule has 0 unspecified atom stereocenters. The summed E-state index contributed by atoms with van der Waals surface area (Å²) in [6, 6.07) is 1.35. The fraction of sp³-hybridized carbons (Fsp3) is 0.545. The number of rotatable bonds is 8. The maximum Gasteiger partial charge on any atom is 0.291 e. The number of anilines is 1. The summed E-state index contributed by atoms with van der Waals surface area (Å²) in [4.78, 5) is 20.0. The molecule has 5 heterocycles. The fourth-order valence-electron chi connectivity index (χ4n) is 4.44. The lowest BCUT2D eigenvalue weighted by atomic mass is 10.0. The van der Waals surface area contributed by atoms with Crippen molar-refractivity contribution in [3.05, 3.63) is 23.5 Å². The average molecular weight is 592 g/mol. The Kier molecular flexibility index (Phi) is 7.28. The summed E-state index contributed by atoms with van der Waals surface area (Å²) >= 11 is 0.607. The molecular weight excluding hydrogens is 566 g/mol. The van der Waals surface area contributed by atoms with Gasteiger partial charge in [0, 0.05) is 38.3 Å². The van der Waals surface area contributed by atoms with Crippen LogP contribution in [0.2, 0.25) is 0 Å². The molecule has 5 rings (SSSR count). The number of hydrogen-bond acceptors (Lipinski definition) is 9. The topological polar surface area (TPSA) is 122 Å². The molecular formula is C22H25F4N7O4S2. The molecule has 0 radical (unpaired) electrons. The maximum absolute atomic E-state index is 13.7. The minimum atomic E-state index is -4.50. The van der Waals surface area contributed by atoms with E-state index in [-0.39, 0.29) is 27.6 Å². The number of nitrogens with zero attached hydrogens (tertiary/aromatic N) is 6. The summed E-state index contributed by atoms with van der Waals surface area (Å²) in [5.74, 6) is -0.113. The standard InChI is InChI=1S/C22H25F4N7O4S2/c1-12(2)20(34)32-5-3-31(4-6-32)14-7-13(39(35,36)30-22(21(25)26)10-37-11-22)9-33-15(14)8-27-17(33)19-29-28-18(38-19)16(23)24/h7-9,12,16,21,30H,3-6,10-11H2,1-2H3. The predicted octanol–water partition coefficient (Wildman–Crippen LogP) is 2.41. The number of amides is 1. The van der Waals surface area contributed by atoms with E-state index in [2.05, 4.69) is 19.9 Å². The van der Waals surface area contributed by atoms with Crippen molar-refractivity contribution in [3.63, 3.8) is 0 Å². The van der Waals surface area contributed by atoms with Crippen LogP contribution < -0.4 is 9.62 Å². The number of aromatic nitrogens is 4. The van der Waals surface area contributed by atoms with E-state index in [0.29, 0.717) is 48.7 Å². The van der Waals surface area contributed by atoms with Gasteiger partial charge in [0.05, 0.1) is 30.6 Å². The Morgan fingerprint density at radius 2 is 1.82 bits per heavy atom. The number of hydrogen-bond donors (Lipinski definition) is 1. The van der Waals surface area contributed by atoms with Gasteiger partial charge in [0.1, 0.15) is 10.4 Å². The molecule has 212 valence electrons. The molecule has 1 N–H and O–H groups in total. The number of halogens is 4. The molecule has 39 heavy (non-hydrogen) atoms. The second-order valence-corrected chi connectivity index (χ2v) is 12.4. The summed E-state index contributed by atoms with van der Waals surface area (Å²) in [6.45, 7) is 4.16. The Balaban J connectivity index is 1.57. The van der Waals surface area contributed by atoms with Crippen LogP contribution in [0, 0.1) is 5.92 Å². The van der Waals surface area contributed by atoms with Gasteiger partial charge < -0.3 is 14.5 Å². The summed E-state index contributed by atoms with van der Waals surface area (Å²) in [5, 5.41) is 6.76. The second-order valence-electron chi connectivity index (χ2n) is 9.67. The Morgan fingerprint density at radius 3 is 2.36 bits per heavy atom. The number of piperazine rings is 1. The van der Waals surface area contributed by atoms with Gasteiger partial charge in [-0.1, -0.05) is 25.2 Å². The van der Waals surface area contributed by atoms with E-state index in [1.54, 1.807) is 18.7 Å². The van der Waals surface area contributed by atoms with Crippen LogP contribution in [0.5, 0.6) is 0 Å². The van der Waals surface area contributed by atoms with Crippen molar-refractivity contribution in [1.82, 2.24) is 29.2 Å². The normalized spacial score (nSPS) is 18.0. The van der Waals surface area contributed by atoms with E-state index in [1.165, 1.54) is 22.9 Å². The quantitative estimate of drug-likeness (QED) is 0.397. The number of sulfonamides is 1. The molecule has 0 spiro atoms. The zero-order chi connectivity index (χ0) is 28.1. The number of imidazole rings is 1. The second kappa shape index (κ2) is 10.3. The lowest BCUT2D eigenvalue weighted by molar-refractivity contribution is -0.134. The number of alkyl halides is 4. The molecule has 2 aliphatic rings. The van der Waals surface area contributed by atoms with Gasteiger partial charge in [-0.25, -0.2) is 31.0 Å². The minimum Gasteiger partial charge on any atom is -0.377 e. The van der Waals surface area contributed by atoms with Crippen LogP contribution in [-0.2, 0) is 19.6 Å². The number of pyridine rings is 1. The zero-order valence-electron chi connectivity index (χ0n) is 20.9. The predicted molar refractivity (Wildman–Crippen MR) is 133 cm³/mol. The molecule has 2 fully saturated rings. The van der Waals surface area contributed by atoms with E-state index >= 15 is 0 Å². The summed E-state index contributed by atoms with van der Waals surface area (Å²) in [6.07, 6.45) is -3.22. The van der Waals surface area contributed by atoms with Gasteiger partial charge in [-0.2, -0.15) is 4.72 Å². The first-order valence-corrected chi connectivity index (χ1v) is 14.3. The lowest BCUT2D eigenvalue weighted by Gasteiger charge is -2.40. The van der Waals surface area contributed by atoms with Gasteiger partial charge in [0.25, 0.3) is 12.9 Å². The van der Waals surface area contributed by atoms with Crippen molar-refractivity contribution in [2.45, 2.75) is 37.1 Å². The number of nitrogens with one attached hydrogen (secondary N) is 1. The highest BCUT2D eigenvalue weighted by Gasteiger charge is 2.50. The molecule has 3 aromatic heterocycles. The largest absolute Gasteiger partial charge is 0.377 e. The number of carbonyl (C=O) groups excluding carboxylic acids is 1. The third-order valence-corrected chi connectivity index (χ3v) is 9.07. The van der Waals surface area contributed by atoms with E-state index in [1.807, 2.05) is 4.90 Å². The van der Waals surface area contributed by atoms with Crippen LogP contribution in [0.1, 0.15) is 25.3 Å². The highest BCUT2D eigenvalue weighted by molar-refractivity contribution is 7.89. The van der Waals surface area contributed by atoms with Gasteiger partial charge in [0.15, 0.2) is 15.8 Å². The lowest BCUT2D eigenvalue weighted by Crippen LogP contribution is -2.66. The molecule has 3 aromatic rings. The number of carbonyl (C=O) groups is 1. The van der Waals surface area contributed by atoms with Crippen molar-refractivity contribution in [1.29, 1.82) is 0 Å². The number of ether oxygens (including phenoxy) is 1. The highest BCUT2D eigenvalue weighted by atomic mass is 32.2. The molecule has 0 saturated carbocycles. The van der Waals surface area contributed by atoms with Crippen LogP contribution in [0.15, 0.2) is 23.4 Å². The third kappa shape index (κ3) is 5.07. The average Bonchev–Trinajstić information content (AvgIpc) is 3.52. The Labute approximate surface area is 224 Å². The third-order valence-electron chi connectivity index (χ3n) is 6.62. The smallest absolute Gasteiger partial charge is 0.291 e. The van der Waals surface area contributed by atoms with Gasteiger partial charge in [-0.15, -0.1) is 10.2 Å². The molecule has 11 nitrogen and oxygen atoms in total. The van der Waals surface area contributed by atoms with Crippen LogP contribution in [0.3, 0.4) is 0 Å². The Hall–Kier alpha value is -2.89. The molecule has 17 heteroatoms. The van der Waals surface area contributed by atoms with Crippen molar-refractivity contribution in [2.75, 3.05) is 44.3 Å². The van der Waals surface area contributed by atoms with Gasteiger partial charge in [-0.05, 0) is 6.07 Å².